The zero-order valence-corrected chi connectivity index (χ0v) is 11.6. The molecule has 0 fully saturated rings. The Morgan fingerprint density at radius 3 is 2.94 bits per heavy atom. The fourth-order valence-electron chi connectivity index (χ4n) is 1.56. The number of nitrogens with zero attached hydrogens (tertiary/aromatic N) is 2. The number of nitrogens with one attached hydrogen (secondary N) is 1. The number of carbonyl (C=O) groups is 1. The highest BCUT2D eigenvalue weighted by atomic mass is 35.5. The second-order valence-electron chi connectivity index (χ2n) is 3.74. The predicted octanol–water partition coefficient (Wildman–Crippen LogP) is 3.31. The van der Waals surface area contributed by atoms with E-state index in [1.807, 2.05) is 18.4 Å². The Bertz CT molecular complexity index is 562. The van der Waals surface area contributed by atoms with Gasteiger partial charge in [0, 0.05) is 5.69 Å². The Labute approximate surface area is 114 Å². The zero-order chi connectivity index (χ0) is 13.1. The molecule has 2 aromatic rings. The zero-order valence-electron chi connectivity index (χ0n) is 10.0. The second-order valence-corrected chi connectivity index (χ2v) is 5.04. The monoisotopic (exact) mass is 281 g/mol. The standard InChI is InChI=1S/C12H12ClN3OS/c1-3-8-4-5-18-10(8)11(17)16-12-14-7(2)6-9(13)15-12/h4-6H,3H2,1-2H3,(H,14,15,16,17). The summed E-state index contributed by atoms with van der Waals surface area (Å²) in [4.78, 5) is 20.8. The first kappa shape index (κ1) is 13.0. The molecule has 0 aliphatic heterocycles. The molecule has 1 N–H and O–H groups in total. The number of aryl methyl sites for hydroxylation is 2. The van der Waals surface area contributed by atoms with Crippen molar-refractivity contribution >= 4 is 34.8 Å². The molecule has 94 valence electrons. The van der Waals surface area contributed by atoms with E-state index in [2.05, 4.69) is 15.3 Å². The Kier molecular flexibility index (Phi) is 3.93. The molecule has 2 aromatic heterocycles. The minimum Gasteiger partial charge on any atom is -0.290 e. The maximum atomic E-state index is 12.1. The number of thiophene rings is 1. The summed E-state index contributed by atoms with van der Waals surface area (Å²) in [5.74, 6) is 0.0453. The van der Waals surface area contributed by atoms with Gasteiger partial charge in [0.1, 0.15) is 5.15 Å². The summed E-state index contributed by atoms with van der Waals surface area (Å²) in [6.07, 6.45) is 0.821. The van der Waals surface area contributed by atoms with E-state index in [1.54, 1.807) is 13.0 Å². The first-order valence-electron chi connectivity index (χ1n) is 5.49. The topological polar surface area (TPSA) is 54.9 Å². The fourth-order valence-corrected chi connectivity index (χ4v) is 2.69. The quantitative estimate of drug-likeness (QED) is 0.878. The molecule has 0 bridgehead atoms. The van der Waals surface area contributed by atoms with Crippen molar-refractivity contribution in [1.29, 1.82) is 0 Å². The minimum absolute atomic E-state index is 0.191. The lowest BCUT2D eigenvalue weighted by atomic mass is 10.2. The number of aromatic nitrogens is 2. The highest BCUT2D eigenvalue weighted by molar-refractivity contribution is 7.12. The molecular weight excluding hydrogens is 270 g/mol. The lowest BCUT2D eigenvalue weighted by molar-refractivity contribution is 0.102. The number of rotatable bonds is 3. The number of halogens is 1. The maximum Gasteiger partial charge on any atom is 0.268 e. The van der Waals surface area contributed by atoms with E-state index in [0.29, 0.717) is 15.7 Å². The molecular formula is C12H12ClN3OS. The second kappa shape index (κ2) is 5.46. The van der Waals surface area contributed by atoms with Crippen molar-refractivity contribution < 1.29 is 4.79 Å². The van der Waals surface area contributed by atoms with Crippen LogP contribution < -0.4 is 5.32 Å². The molecule has 2 heterocycles. The number of hydrogen-bond donors (Lipinski definition) is 1. The average molecular weight is 282 g/mol. The summed E-state index contributed by atoms with van der Waals surface area (Å²) >= 11 is 7.23. The summed E-state index contributed by atoms with van der Waals surface area (Å²) in [6.45, 7) is 3.81. The molecule has 4 nitrogen and oxygen atoms in total. The van der Waals surface area contributed by atoms with E-state index in [1.165, 1.54) is 11.3 Å². The van der Waals surface area contributed by atoms with Crippen LogP contribution in [0.3, 0.4) is 0 Å². The molecule has 0 radical (unpaired) electrons. The van der Waals surface area contributed by atoms with Crippen molar-refractivity contribution in [3.05, 3.63) is 38.8 Å². The molecule has 0 spiro atoms. The molecule has 0 unspecified atom stereocenters. The fraction of sp³-hybridized carbons (Fsp3) is 0.250. The SMILES string of the molecule is CCc1ccsc1C(=O)Nc1nc(C)cc(Cl)n1. The van der Waals surface area contributed by atoms with Gasteiger partial charge in [-0.05, 0) is 36.4 Å². The number of amides is 1. The number of carbonyl (C=O) groups excluding carboxylic acids is 1. The van der Waals surface area contributed by atoms with Crippen LogP contribution in [-0.2, 0) is 6.42 Å². The smallest absolute Gasteiger partial charge is 0.268 e. The highest BCUT2D eigenvalue weighted by Crippen LogP contribution is 2.19. The van der Waals surface area contributed by atoms with Gasteiger partial charge in [-0.3, -0.25) is 10.1 Å². The van der Waals surface area contributed by atoms with Gasteiger partial charge >= 0.3 is 0 Å². The summed E-state index contributed by atoms with van der Waals surface area (Å²) in [7, 11) is 0. The average Bonchev–Trinajstić information content (AvgIpc) is 2.75. The van der Waals surface area contributed by atoms with Crippen LogP contribution in [0.2, 0.25) is 5.15 Å². The summed E-state index contributed by atoms with van der Waals surface area (Å²) < 4.78 is 0. The maximum absolute atomic E-state index is 12.1. The van der Waals surface area contributed by atoms with Gasteiger partial charge in [0.05, 0.1) is 4.88 Å². The third-order valence-corrected chi connectivity index (χ3v) is 3.53. The van der Waals surface area contributed by atoms with E-state index < -0.39 is 0 Å². The molecule has 0 aliphatic carbocycles. The first-order chi connectivity index (χ1) is 8.60. The van der Waals surface area contributed by atoms with Crippen molar-refractivity contribution in [1.82, 2.24) is 9.97 Å². The highest BCUT2D eigenvalue weighted by Gasteiger charge is 2.13. The summed E-state index contributed by atoms with van der Waals surface area (Å²) in [5.41, 5.74) is 1.74. The molecule has 0 saturated heterocycles. The largest absolute Gasteiger partial charge is 0.290 e. The third kappa shape index (κ3) is 2.86. The van der Waals surface area contributed by atoms with Gasteiger partial charge in [0.25, 0.3) is 5.91 Å². The summed E-state index contributed by atoms with van der Waals surface area (Å²) in [5, 5.41) is 4.89. The lowest BCUT2D eigenvalue weighted by Gasteiger charge is -2.04. The van der Waals surface area contributed by atoms with Gasteiger partial charge in [0.15, 0.2) is 0 Å². The van der Waals surface area contributed by atoms with Gasteiger partial charge in [0.2, 0.25) is 5.95 Å². The van der Waals surface area contributed by atoms with E-state index in [4.69, 9.17) is 11.6 Å². The van der Waals surface area contributed by atoms with Gasteiger partial charge in [-0.15, -0.1) is 11.3 Å². The van der Waals surface area contributed by atoms with Crippen LogP contribution in [0.15, 0.2) is 17.5 Å². The van der Waals surface area contributed by atoms with Crippen molar-refractivity contribution in [3.63, 3.8) is 0 Å². The van der Waals surface area contributed by atoms with E-state index in [9.17, 15) is 4.79 Å². The normalized spacial score (nSPS) is 10.4. The van der Waals surface area contributed by atoms with Crippen molar-refractivity contribution in [2.24, 2.45) is 0 Å². The van der Waals surface area contributed by atoms with Crippen LogP contribution >= 0.6 is 22.9 Å². The van der Waals surface area contributed by atoms with Crippen LogP contribution in [-0.4, -0.2) is 15.9 Å². The van der Waals surface area contributed by atoms with Gasteiger partial charge in [-0.25, -0.2) is 9.97 Å². The van der Waals surface area contributed by atoms with E-state index in [-0.39, 0.29) is 11.9 Å². The molecule has 18 heavy (non-hydrogen) atoms. The first-order valence-corrected chi connectivity index (χ1v) is 6.74. The van der Waals surface area contributed by atoms with Crippen molar-refractivity contribution in [3.8, 4) is 0 Å². The minimum atomic E-state index is -0.191. The van der Waals surface area contributed by atoms with E-state index in [0.717, 1.165) is 12.0 Å². The van der Waals surface area contributed by atoms with Crippen LogP contribution in [0.4, 0.5) is 5.95 Å². The van der Waals surface area contributed by atoms with Crippen LogP contribution in [0, 0.1) is 6.92 Å². The van der Waals surface area contributed by atoms with Gasteiger partial charge in [-0.2, -0.15) is 0 Å². The van der Waals surface area contributed by atoms with Gasteiger partial charge < -0.3 is 0 Å². The molecule has 1 amide bonds. The molecule has 0 aliphatic rings. The molecule has 6 heteroatoms. The van der Waals surface area contributed by atoms with Crippen LogP contribution in [0.1, 0.15) is 27.9 Å². The Hall–Kier alpha value is -1.46. The number of hydrogen-bond acceptors (Lipinski definition) is 4. The molecule has 0 saturated carbocycles. The van der Waals surface area contributed by atoms with E-state index >= 15 is 0 Å². The van der Waals surface area contributed by atoms with Crippen molar-refractivity contribution in [2.45, 2.75) is 20.3 Å². The third-order valence-electron chi connectivity index (χ3n) is 2.38. The van der Waals surface area contributed by atoms with Crippen molar-refractivity contribution in [2.75, 3.05) is 5.32 Å². The van der Waals surface area contributed by atoms with Crippen LogP contribution in [0.25, 0.3) is 0 Å². The Balaban J connectivity index is 2.21. The number of anilines is 1. The Morgan fingerprint density at radius 1 is 1.50 bits per heavy atom. The summed E-state index contributed by atoms with van der Waals surface area (Å²) in [6, 6.07) is 3.59. The molecule has 0 aromatic carbocycles. The molecule has 0 atom stereocenters. The molecule has 2 rings (SSSR count). The predicted molar refractivity (Wildman–Crippen MR) is 73.4 cm³/mol. The Morgan fingerprint density at radius 2 is 2.28 bits per heavy atom. The lowest BCUT2D eigenvalue weighted by Crippen LogP contribution is -2.14. The van der Waals surface area contributed by atoms with Gasteiger partial charge in [-0.1, -0.05) is 18.5 Å². The van der Waals surface area contributed by atoms with Crippen LogP contribution in [0.5, 0.6) is 0 Å².